The van der Waals surface area contributed by atoms with E-state index in [-0.39, 0.29) is 12.0 Å². The number of anilines is 1. The molecule has 3 rings (SSSR count). The Bertz CT molecular complexity index is 1070. The molecule has 2 aromatic rings. The first-order valence-corrected chi connectivity index (χ1v) is 11.7. The first-order valence-electron chi connectivity index (χ1n) is 11.7. The van der Waals surface area contributed by atoms with Crippen molar-refractivity contribution >= 4 is 17.1 Å². The number of hydrogen-bond acceptors (Lipinski definition) is 7. The molecule has 34 heavy (non-hydrogen) atoms. The summed E-state index contributed by atoms with van der Waals surface area (Å²) in [5, 5.41) is 17.1. The first kappa shape index (κ1) is 25.3. The van der Waals surface area contributed by atoms with Crippen LogP contribution < -0.4 is 10.6 Å². The topological polar surface area (TPSA) is 85.7 Å². The smallest absolute Gasteiger partial charge is 0.161 e. The standard InChI is InChI=1S/C27H36N6O/c1-6-9-24(28-3)23-16-31-26(32-27(23)30-15-22-12-13-29-17-25(22)34)21-11-8-10-20(14-21)19(7-2)18-33(4)5/h6-11,14,16,18,22,25,29,34H,2,12-13,15,17H2,1,3-5H3,(H,30,31,32)/b9-6-,19-18+,28-24+. The molecule has 2 unspecified atom stereocenters. The van der Waals surface area contributed by atoms with Crippen LogP contribution in [0.1, 0.15) is 24.5 Å². The van der Waals surface area contributed by atoms with E-state index >= 15 is 0 Å². The van der Waals surface area contributed by atoms with E-state index in [4.69, 9.17) is 4.98 Å². The van der Waals surface area contributed by atoms with Gasteiger partial charge in [0, 0.05) is 58.1 Å². The molecule has 0 radical (unpaired) electrons. The van der Waals surface area contributed by atoms with Crippen LogP contribution in [-0.2, 0) is 0 Å². The molecule has 0 aliphatic carbocycles. The number of nitrogens with zero attached hydrogens (tertiary/aromatic N) is 4. The van der Waals surface area contributed by atoms with E-state index in [1.165, 1.54) is 0 Å². The summed E-state index contributed by atoms with van der Waals surface area (Å²) >= 11 is 0. The molecule has 7 nitrogen and oxygen atoms in total. The lowest BCUT2D eigenvalue weighted by Gasteiger charge is -2.28. The number of aliphatic imine (C=N–C) groups is 1. The molecule has 180 valence electrons. The Morgan fingerprint density at radius 3 is 2.88 bits per heavy atom. The molecule has 0 spiro atoms. The Kier molecular flexibility index (Phi) is 9.13. The Balaban J connectivity index is 1.98. The quantitative estimate of drug-likeness (QED) is 0.392. The van der Waals surface area contributed by atoms with Crippen LogP contribution in [0.25, 0.3) is 17.0 Å². The van der Waals surface area contributed by atoms with Gasteiger partial charge >= 0.3 is 0 Å². The van der Waals surface area contributed by atoms with E-state index in [9.17, 15) is 5.11 Å². The van der Waals surface area contributed by atoms with Gasteiger partial charge in [-0.15, -0.1) is 0 Å². The molecule has 0 saturated carbocycles. The van der Waals surface area contributed by atoms with Gasteiger partial charge in [-0.2, -0.15) is 0 Å². The summed E-state index contributed by atoms with van der Waals surface area (Å²) in [5.74, 6) is 1.50. The molecule has 1 fully saturated rings. The number of aliphatic hydroxyl groups is 1. The van der Waals surface area contributed by atoms with Crippen molar-refractivity contribution in [1.82, 2.24) is 20.2 Å². The van der Waals surface area contributed by atoms with Gasteiger partial charge in [0.25, 0.3) is 0 Å². The van der Waals surface area contributed by atoms with Crippen LogP contribution in [0.15, 0.2) is 66.5 Å². The van der Waals surface area contributed by atoms with Gasteiger partial charge in [-0.3, -0.25) is 4.99 Å². The Hall–Kier alpha value is -3.29. The largest absolute Gasteiger partial charge is 0.391 e. The average Bonchev–Trinajstić information content (AvgIpc) is 2.85. The number of hydrogen-bond donors (Lipinski definition) is 3. The van der Waals surface area contributed by atoms with Crippen LogP contribution in [0.4, 0.5) is 5.82 Å². The molecule has 3 N–H and O–H groups in total. The van der Waals surface area contributed by atoms with Crippen LogP contribution in [0.2, 0.25) is 0 Å². The predicted molar refractivity (Wildman–Crippen MR) is 142 cm³/mol. The maximum absolute atomic E-state index is 10.4. The molecular formula is C27H36N6O. The molecule has 2 heterocycles. The van der Waals surface area contributed by atoms with Gasteiger partial charge < -0.3 is 20.6 Å². The lowest BCUT2D eigenvalue weighted by molar-refractivity contribution is 0.0883. The number of aromatic nitrogens is 2. The van der Waals surface area contributed by atoms with Crippen molar-refractivity contribution in [2.75, 3.05) is 46.1 Å². The summed E-state index contributed by atoms with van der Waals surface area (Å²) in [4.78, 5) is 16.0. The number of allylic oxidation sites excluding steroid dienone is 4. The van der Waals surface area contributed by atoms with Gasteiger partial charge in [-0.25, -0.2) is 9.97 Å². The Morgan fingerprint density at radius 2 is 2.21 bits per heavy atom. The second-order valence-corrected chi connectivity index (χ2v) is 8.60. The highest BCUT2D eigenvalue weighted by atomic mass is 16.3. The summed E-state index contributed by atoms with van der Waals surface area (Å²) in [5.41, 5.74) is 4.63. The predicted octanol–water partition coefficient (Wildman–Crippen LogP) is 3.61. The third kappa shape index (κ3) is 6.40. The fourth-order valence-corrected chi connectivity index (χ4v) is 4.01. The first-order chi connectivity index (χ1) is 16.5. The van der Waals surface area contributed by atoms with Crippen molar-refractivity contribution in [2.45, 2.75) is 19.4 Å². The number of nitrogens with one attached hydrogen (secondary N) is 2. The lowest BCUT2D eigenvalue weighted by Crippen LogP contribution is -2.43. The third-order valence-electron chi connectivity index (χ3n) is 5.82. The minimum Gasteiger partial charge on any atom is -0.391 e. The van der Waals surface area contributed by atoms with Crippen molar-refractivity contribution in [2.24, 2.45) is 10.9 Å². The van der Waals surface area contributed by atoms with Gasteiger partial charge in [0.2, 0.25) is 0 Å². The van der Waals surface area contributed by atoms with Gasteiger partial charge in [0.15, 0.2) is 5.82 Å². The zero-order valence-electron chi connectivity index (χ0n) is 20.6. The second-order valence-electron chi connectivity index (χ2n) is 8.60. The van der Waals surface area contributed by atoms with Crippen molar-refractivity contribution in [3.05, 3.63) is 72.6 Å². The molecule has 0 amide bonds. The fraction of sp³-hybridized carbons (Fsp3) is 0.370. The van der Waals surface area contributed by atoms with Crippen molar-refractivity contribution in [3.8, 4) is 11.4 Å². The maximum atomic E-state index is 10.4. The van der Waals surface area contributed by atoms with E-state index in [0.717, 1.165) is 40.9 Å². The number of rotatable bonds is 9. The van der Waals surface area contributed by atoms with Crippen LogP contribution in [-0.4, -0.2) is 72.6 Å². The molecule has 2 atom stereocenters. The van der Waals surface area contributed by atoms with E-state index in [1.807, 2.05) is 68.7 Å². The zero-order valence-corrected chi connectivity index (χ0v) is 20.6. The van der Waals surface area contributed by atoms with Gasteiger partial charge in [-0.1, -0.05) is 36.9 Å². The normalized spacial score (nSPS) is 19.3. The van der Waals surface area contributed by atoms with Crippen molar-refractivity contribution in [1.29, 1.82) is 0 Å². The second kappa shape index (κ2) is 12.3. The zero-order chi connectivity index (χ0) is 24.5. The van der Waals surface area contributed by atoms with Crippen LogP contribution in [0.3, 0.4) is 0 Å². The molecule has 1 saturated heterocycles. The maximum Gasteiger partial charge on any atom is 0.161 e. The molecule has 7 heteroatoms. The summed E-state index contributed by atoms with van der Waals surface area (Å²) in [6.07, 6.45) is 10.1. The summed E-state index contributed by atoms with van der Waals surface area (Å²) in [6, 6.07) is 8.15. The van der Waals surface area contributed by atoms with Gasteiger partial charge in [-0.05, 0) is 43.2 Å². The number of piperidine rings is 1. The van der Waals surface area contributed by atoms with Gasteiger partial charge in [0.05, 0.1) is 17.4 Å². The lowest BCUT2D eigenvalue weighted by atomic mass is 9.95. The van der Waals surface area contributed by atoms with Gasteiger partial charge in [0.1, 0.15) is 5.82 Å². The van der Waals surface area contributed by atoms with Crippen LogP contribution in [0, 0.1) is 5.92 Å². The highest BCUT2D eigenvalue weighted by molar-refractivity contribution is 6.11. The highest BCUT2D eigenvalue weighted by Crippen LogP contribution is 2.25. The fourth-order valence-electron chi connectivity index (χ4n) is 4.01. The molecule has 1 aliphatic rings. The van der Waals surface area contributed by atoms with Crippen LogP contribution >= 0.6 is 0 Å². The summed E-state index contributed by atoms with van der Waals surface area (Å²) < 4.78 is 0. The van der Waals surface area contributed by atoms with Crippen molar-refractivity contribution in [3.63, 3.8) is 0 Å². The number of aliphatic hydroxyl groups excluding tert-OH is 1. The number of benzene rings is 1. The molecule has 1 aromatic heterocycles. The average molecular weight is 461 g/mol. The highest BCUT2D eigenvalue weighted by Gasteiger charge is 2.23. The van der Waals surface area contributed by atoms with E-state index < -0.39 is 0 Å². The molecule has 0 bridgehead atoms. The summed E-state index contributed by atoms with van der Waals surface area (Å²) in [6.45, 7) is 8.08. The minimum absolute atomic E-state index is 0.158. The van der Waals surface area contributed by atoms with Crippen molar-refractivity contribution < 1.29 is 5.11 Å². The molecule has 1 aromatic carbocycles. The monoisotopic (exact) mass is 460 g/mol. The molecule has 1 aliphatic heterocycles. The molecular weight excluding hydrogens is 424 g/mol. The van der Waals surface area contributed by atoms with Crippen LogP contribution in [0.5, 0.6) is 0 Å². The summed E-state index contributed by atoms with van der Waals surface area (Å²) in [7, 11) is 5.75. The third-order valence-corrected chi connectivity index (χ3v) is 5.82. The number of β-amino-alcohol motifs (C(OH)–C–C–N with tert-alkyl or cyclic N) is 1. The minimum atomic E-state index is -0.377. The Morgan fingerprint density at radius 1 is 1.38 bits per heavy atom. The SMILES string of the molecule is C=C/C(=C\N(C)C)c1cccc(-c2ncc(C(/C=C\C)=N/C)c(NCC3CCNCC3O)n2)c1. The van der Waals surface area contributed by atoms with E-state index in [1.54, 1.807) is 7.05 Å². The van der Waals surface area contributed by atoms with E-state index in [0.29, 0.717) is 24.7 Å². The van der Waals surface area contributed by atoms with E-state index in [2.05, 4.69) is 39.3 Å². The Labute approximate surface area is 203 Å².